The molecule has 1 aromatic rings. The maximum absolute atomic E-state index is 3.74. The summed E-state index contributed by atoms with van der Waals surface area (Å²) in [5.74, 6) is 0. The van der Waals surface area contributed by atoms with Crippen molar-refractivity contribution in [3.8, 4) is 0 Å². The standard InChI is InChI=1S/C15H22N/c1-6-13(2)7-10-16-11-8-14(9-12-16)15(3,4)5/h6-9,11-12H,1,10H2,2-5H3/q+1/b13-7-. The van der Waals surface area contributed by atoms with Crippen LogP contribution in [0.4, 0.5) is 0 Å². The van der Waals surface area contributed by atoms with Gasteiger partial charge >= 0.3 is 0 Å². The highest BCUT2D eigenvalue weighted by Gasteiger charge is 2.14. The monoisotopic (exact) mass is 216 g/mol. The Balaban J connectivity index is 2.76. The second kappa shape index (κ2) is 5.11. The third kappa shape index (κ3) is 3.65. The van der Waals surface area contributed by atoms with E-state index < -0.39 is 0 Å². The minimum Gasteiger partial charge on any atom is -0.201 e. The summed E-state index contributed by atoms with van der Waals surface area (Å²) in [5, 5.41) is 0. The van der Waals surface area contributed by atoms with Gasteiger partial charge in [0.2, 0.25) is 0 Å². The van der Waals surface area contributed by atoms with Crippen LogP contribution in [0.1, 0.15) is 33.3 Å². The number of pyridine rings is 1. The van der Waals surface area contributed by atoms with Gasteiger partial charge in [-0.05, 0) is 29.6 Å². The normalized spacial score (nSPS) is 12.6. The lowest BCUT2D eigenvalue weighted by atomic mass is 9.88. The molecule has 0 spiro atoms. The topological polar surface area (TPSA) is 3.88 Å². The quantitative estimate of drug-likeness (QED) is 0.538. The molecule has 1 nitrogen and oxygen atoms in total. The zero-order valence-electron chi connectivity index (χ0n) is 10.8. The van der Waals surface area contributed by atoms with E-state index >= 15 is 0 Å². The van der Waals surface area contributed by atoms with E-state index in [1.165, 1.54) is 11.1 Å². The third-order valence-corrected chi connectivity index (χ3v) is 2.70. The van der Waals surface area contributed by atoms with Crippen LogP contribution in [0, 0.1) is 0 Å². The maximum atomic E-state index is 3.74. The lowest BCUT2D eigenvalue weighted by Gasteiger charge is -2.17. The Hall–Kier alpha value is -1.37. The summed E-state index contributed by atoms with van der Waals surface area (Å²) < 4.78 is 2.17. The van der Waals surface area contributed by atoms with Gasteiger partial charge in [-0.3, -0.25) is 0 Å². The predicted octanol–water partition coefficient (Wildman–Crippen LogP) is 3.40. The van der Waals surface area contributed by atoms with Crippen LogP contribution in [-0.4, -0.2) is 0 Å². The van der Waals surface area contributed by atoms with Gasteiger partial charge in [0.1, 0.15) is 0 Å². The molecule has 1 aromatic heterocycles. The maximum Gasteiger partial charge on any atom is 0.169 e. The first-order valence-corrected chi connectivity index (χ1v) is 5.72. The molecular formula is C15H22N+. The molecule has 0 bridgehead atoms. The van der Waals surface area contributed by atoms with Crippen LogP contribution < -0.4 is 4.57 Å². The van der Waals surface area contributed by atoms with E-state index in [1.54, 1.807) is 0 Å². The zero-order valence-corrected chi connectivity index (χ0v) is 10.8. The van der Waals surface area contributed by atoms with Crippen LogP contribution in [0.15, 0.2) is 48.8 Å². The number of rotatable bonds is 3. The van der Waals surface area contributed by atoms with E-state index in [0.29, 0.717) is 0 Å². The van der Waals surface area contributed by atoms with Crippen LogP contribution in [0.5, 0.6) is 0 Å². The highest BCUT2D eigenvalue weighted by Crippen LogP contribution is 2.20. The van der Waals surface area contributed by atoms with E-state index in [2.05, 4.69) is 69.4 Å². The van der Waals surface area contributed by atoms with Crippen molar-refractivity contribution in [2.75, 3.05) is 0 Å². The van der Waals surface area contributed by atoms with Crippen molar-refractivity contribution in [3.63, 3.8) is 0 Å². The molecule has 0 radical (unpaired) electrons. The van der Waals surface area contributed by atoms with Crippen molar-refractivity contribution >= 4 is 0 Å². The highest BCUT2D eigenvalue weighted by atomic mass is 14.9. The molecule has 0 aliphatic heterocycles. The predicted molar refractivity (Wildman–Crippen MR) is 69.3 cm³/mol. The Labute approximate surface area is 99.1 Å². The lowest BCUT2D eigenvalue weighted by Crippen LogP contribution is -2.32. The smallest absolute Gasteiger partial charge is 0.169 e. The lowest BCUT2D eigenvalue weighted by molar-refractivity contribution is -0.687. The molecule has 1 rings (SSSR count). The van der Waals surface area contributed by atoms with Gasteiger partial charge in [0, 0.05) is 12.1 Å². The number of aromatic nitrogens is 1. The largest absolute Gasteiger partial charge is 0.201 e. The van der Waals surface area contributed by atoms with Crippen LogP contribution >= 0.6 is 0 Å². The number of hydrogen-bond donors (Lipinski definition) is 0. The Kier molecular flexibility index (Phi) is 4.05. The van der Waals surface area contributed by atoms with Crippen molar-refractivity contribution in [1.82, 2.24) is 0 Å². The average Bonchev–Trinajstić information content (AvgIpc) is 2.25. The Morgan fingerprint density at radius 1 is 1.31 bits per heavy atom. The summed E-state index contributed by atoms with van der Waals surface area (Å²) in [6, 6.07) is 4.38. The summed E-state index contributed by atoms with van der Waals surface area (Å²) in [4.78, 5) is 0. The molecule has 0 fully saturated rings. The van der Waals surface area contributed by atoms with E-state index in [0.717, 1.165) is 6.54 Å². The van der Waals surface area contributed by atoms with Gasteiger partial charge in [-0.15, -0.1) is 0 Å². The van der Waals surface area contributed by atoms with Crippen LogP contribution in [-0.2, 0) is 12.0 Å². The van der Waals surface area contributed by atoms with Gasteiger partial charge in [0.25, 0.3) is 0 Å². The summed E-state index contributed by atoms with van der Waals surface area (Å²) in [7, 11) is 0. The fourth-order valence-electron chi connectivity index (χ4n) is 1.41. The van der Waals surface area contributed by atoms with Gasteiger partial charge in [-0.1, -0.05) is 33.4 Å². The molecule has 0 atom stereocenters. The molecule has 0 N–H and O–H groups in total. The molecule has 86 valence electrons. The first-order valence-electron chi connectivity index (χ1n) is 5.72. The molecular weight excluding hydrogens is 194 g/mol. The van der Waals surface area contributed by atoms with E-state index in [-0.39, 0.29) is 5.41 Å². The van der Waals surface area contributed by atoms with Crippen molar-refractivity contribution in [1.29, 1.82) is 0 Å². The van der Waals surface area contributed by atoms with Crippen molar-refractivity contribution < 1.29 is 4.57 Å². The van der Waals surface area contributed by atoms with Gasteiger partial charge in [-0.2, -0.15) is 0 Å². The summed E-state index contributed by atoms with van der Waals surface area (Å²) in [6.07, 6.45) is 8.31. The van der Waals surface area contributed by atoms with Gasteiger partial charge in [0.15, 0.2) is 18.9 Å². The minimum atomic E-state index is 0.228. The Morgan fingerprint density at radius 2 is 1.88 bits per heavy atom. The van der Waals surface area contributed by atoms with E-state index in [1.807, 2.05) is 6.08 Å². The third-order valence-electron chi connectivity index (χ3n) is 2.70. The first-order chi connectivity index (χ1) is 7.43. The molecule has 0 saturated heterocycles. The molecule has 1 heterocycles. The van der Waals surface area contributed by atoms with Crippen LogP contribution in [0.25, 0.3) is 0 Å². The molecule has 0 saturated carbocycles. The van der Waals surface area contributed by atoms with Crippen molar-refractivity contribution in [2.45, 2.75) is 39.7 Å². The minimum absolute atomic E-state index is 0.228. The number of hydrogen-bond acceptors (Lipinski definition) is 0. The molecule has 0 amide bonds. The van der Waals surface area contributed by atoms with E-state index in [9.17, 15) is 0 Å². The fourth-order valence-corrected chi connectivity index (χ4v) is 1.41. The zero-order chi connectivity index (χ0) is 12.2. The SMILES string of the molecule is C=C/C(C)=C\C[n+]1ccc(C(C)(C)C)cc1. The molecule has 0 aromatic carbocycles. The van der Waals surface area contributed by atoms with Crippen molar-refractivity contribution in [2.24, 2.45) is 0 Å². The molecule has 16 heavy (non-hydrogen) atoms. The summed E-state index contributed by atoms with van der Waals surface area (Å²) in [5.41, 5.74) is 2.81. The molecule has 1 heteroatoms. The second-order valence-corrected chi connectivity index (χ2v) is 5.19. The van der Waals surface area contributed by atoms with Gasteiger partial charge < -0.3 is 0 Å². The molecule has 0 aliphatic carbocycles. The Bertz CT molecular complexity index is 377. The van der Waals surface area contributed by atoms with Gasteiger partial charge in [0.05, 0.1) is 0 Å². The first kappa shape index (κ1) is 12.7. The number of allylic oxidation sites excluding steroid dienone is 3. The molecule has 0 aliphatic rings. The summed E-state index contributed by atoms with van der Waals surface area (Å²) in [6.45, 7) is 13.4. The van der Waals surface area contributed by atoms with Crippen LogP contribution in [0.3, 0.4) is 0 Å². The fraction of sp³-hybridized carbons (Fsp3) is 0.400. The van der Waals surface area contributed by atoms with Crippen LogP contribution in [0.2, 0.25) is 0 Å². The van der Waals surface area contributed by atoms with Gasteiger partial charge in [-0.25, -0.2) is 4.57 Å². The molecule has 0 unspecified atom stereocenters. The average molecular weight is 216 g/mol. The summed E-state index contributed by atoms with van der Waals surface area (Å²) >= 11 is 0. The van der Waals surface area contributed by atoms with E-state index in [4.69, 9.17) is 0 Å². The second-order valence-electron chi connectivity index (χ2n) is 5.19. The number of nitrogens with zero attached hydrogens (tertiary/aromatic N) is 1. The Morgan fingerprint density at radius 3 is 2.31 bits per heavy atom. The van der Waals surface area contributed by atoms with Crippen molar-refractivity contribution in [3.05, 3.63) is 54.4 Å². The highest BCUT2D eigenvalue weighted by molar-refractivity contribution is 5.17.